The van der Waals surface area contributed by atoms with Gasteiger partial charge < -0.3 is 10.1 Å². The summed E-state index contributed by atoms with van der Waals surface area (Å²) in [5.41, 5.74) is 0. The molecule has 2 N–H and O–H groups in total. The summed E-state index contributed by atoms with van der Waals surface area (Å²) in [6, 6.07) is 0. The molecule has 1 aromatic rings. The van der Waals surface area contributed by atoms with Gasteiger partial charge in [0.1, 0.15) is 5.82 Å². The van der Waals surface area contributed by atoms with Crippen LogP contribution in [0.2, 0.25) is 0 Å². The van der Waals surface area contributed by atoms with E-state index >= 15 is 0 Å². The number of nitrogens with zero attached hydrogens (tertiary/aromatic N) is 2. The van der Waals surface area contributed by atoms with Crippen molar-refractivity contribution < 1.29 is 9.53 Å². The molecule has 1 aliphatic heterocycles. The lowest BCUT2D eigenvalue weighted by Crippen LogP contribution is -2.32. The van der Waals surface area contributed by atoms with Gasteiger partial charge in [0.05, 0.1) is 6.10 Å². The fourth-order valence-corrected chi connectivity index (χ4v) is 1.65. The smallest absolute Gasteiger partial charge is 0.291 e. The van der Waals surface area contributed by atoms with Crippen molar-refractivity contribution >= 4 is 5.91 Å². The number of hydrogen-bond donors (Lipinski definition) is 2. The van der Waals surface area contributed by atoms with Crippen LogP contribution in [0.5, 0.6) is 0 Å². The van der Waals surface area contributed by atoms with E-state index in [9.17, 15) is 4.79 Å². The van der Waals surface area contributed by atoms with Crippen LogP contribution in [0.25, 0.3) is 0 Å². The van der Waals surface area contributed by atoms with Gasteiger partial charge in [-0.2, -0.15) is 0 Å². The second kappa shape index (κ2) is 5.07. The lowest BCUT2D eigenvalue weighted by molar-refractivity contribution is 0.0849. The Morgan fingerprint density at radius 3 is 3.19 bits per heavy atom. The minimum Gasteiger partial charge on any atom is -0.376 e. The number of ether oxygens (including phenoxy) is 1. The zero-order valence-electron chi connectivity index (χ0n) is 9.32. The van der Waals surface area contributed by atoms with Crippen LogP contribution in [-0.4, -0.2) is 40.3 Å². The molecular formula is C10H16N4O2. The van der Waals surface area contributed by atoms with E-state index in [0.717, 1.165) is 31.7 Å². The second-order valence-electron chi connectivity index (χ2n) is 3.80. The predicted octanol–water partition coefficient (Wildman–Crippen LogP) is 0.276. The molecule has 0 aromatic carbocycles. The number of aryl methyl sites for hydroxylation is 1. The SMILES string of the molecule is CCc1nc(C(=O)NCC2CCCO2)n[nH]1. The third-order valence-electron chi connectivity index (χ3n) is 2.58. The quantitative estimate of drug-likeness (QED) is 0.769. The molecule has 2 rings (SSSR count). The lowest BCUT2D eigenvalue weighted by atomic mass is 10.2. The lowest BCUT2D eigenvalue weighted by Gasteiger charge is -2.08. The molecule has 2 heterocycles. The van der Waals surface area contributed by atoms with Crippen LogP contribution in [0.15, 0.2) is 0 Å². The number of rotatable bonds is 4. The van der Waals surface area contributed by atoms with Crippen molar-refractivity contribution in [3.05, 3.63) is 11.6 Å². The van der Waals surface area contributed by atoms with Crippen molar-refractivity contribution in [2.75, 3.05) is 13.2 Å². The molecule has 0 spiro atoms. The van der Waals surface area contributed by atoms with Gasteiger partial charge in [0.2, 0.25) is 5.82 Å². The first-order valence-corrected chi connectivity index (χ1v) is 5.60. The van der Waals surface area contributed by atoms with E-state index in [-0.39, 0.29) is 17.8 Å². The molecule has 1 aliphatic rings. The second-order valence-corrected chi connectivity index (χ2v) is 3.80. The highest BCUT2D eigenvalue weighted by molar-refractivity contribution is 5.90. The van der Waals surface area contributed by atoms with Crippen LogP contribution in [0.3, 0.4) is 0 Å². The number of carbonyl (C=O) groups excluding carboxylic acids is 1. The van der Waals surface area contributed by atoms with Crippen molar-refractivity contribution in [2.45, 2.75) is 32.3 Å². The van der Waals surface area contributed by atoms with Gasteiger partial charge in [0, 0.05) is 19.6 Å². The molecule has 1 saturated heterocycles. The molecule has 0 bridgehead atoms. The van der Waals surface area contributed by atoms with Crippen molar-refractivity contribution in [3.63, 3.8) is 0 Å². The number of aromatic nitrogens is 3. The molecule has 1 aromatic heterocycles. The van der Waals surface area contributed by atoms with Gasteiger partial charge in [-0.1, -0.05) is 6.92 Å². The van der Waals surface area contributed by atoms with Crippen molar-refractivity contribution in [3.8, 4) is 0 Å². The van der Waals surface area contributed by atoms with Crippen LogP contribution in [0, 0.1) is 0 Å². The molecule has 16 heavy (non-hydrogen) atoms. The Hall–Kier alpha value is -1.43. The number of hydrogen-bond acceptors (Lipinski definition) is 4. The molecule has 0 radical (unpaired) electrons. The molecule has 1 amide bonds. The monoisotopic (exact) mass is 224 g/mol. The molecule has 6 heteroatoms. The number of H-pyrrole nitrogens is 1. The summed E-state index contributed by atoms with van der Waals surface area (Å²) in [6.07, 6.45) is 2.97. The Morgan fingerprint density at radius 2 is 2.56 bits per heavy atom. The van der Waals surface area contributed by atoms with Gasteiger partial charge in [-0.15, -0.1) is 5.10 Å². The zero-order chi connectivity index (χ0) is 11.4. The summed E-state index contributed by atoms with van der Waals surface area (Å²) in [5, 5.41) is 9.32. The van der Waals surface area contributed by atoms with E-state index in [0.29, 0.717) is 6.54 Å². The van der Waals surface area contributed by atoms with E-state index in [2.05, 4.69) is 20.5 Å². The van der Waals surface area contributed by atoms with Gasteiger partial charge >= 0.3 is 0 Å². The van der Waals surface area contributed by atoms with Gasteiger partial charge in [-0.25, -0.2) is 4.98 Å². The minimum absolute atomic E-state index is 0.147. The van der Waals surface area contributed by atoms with Crippen LogP contribution in [0.1, 0.15) is 36.2 Å². The summed E-state index contributed by atoms with van der Waals surface area (Å²) >= 11 is 0. The van der Waals surface area contributed by atoms with Crippen molar-refractivity contribution in [2.24, 2.45) is 0 Å². The molecule has 1 unspecified atom stereocenters. The Kier molecular flexibility index (Phi) is 3.51. The maximum Gasteiger partial charge on any atom is 0.291 e. The number of carbonyl (C=O) groups is 1. The maximum absolute atomic E-state index is 11.6. The summed E-state index contributed by atoms with van der Waals surface area (Å²) in [6.45, 7) is 3.28. The van der Waals surface area contributed by atoms with Crippen LogP contribution in [0.4, 0.5) is 0 Å². The first-order chi connectivity index (χ1) is 7.79. The number of nitrogens with one attached hydrogen (secondary N) is 2. The van der Waals surface area contributed by atoms with E-state index in [4.69, 9.17) is 4.74 Å². The summed E-state index contributed by atoms with van der Waals surface area (Å²) < 4.78 is 5.40. The predicted molar refractivity (Wildman–Crippen MR) is 57.1 cm³/mol. The van der Waals surface area contributed by atoms with Crippen molar-refractivity contribution in [1.29, 1.82) is 0 Å². The number of aromatic amines is 1. The van der Waals surface area contributed by atoms with Gasteiger partial charge in [-0.05, 0) is 12.8 Å². The largest absolute Gasteiger partial charge is 0.376 e. The average molecular weight is 224 g/mol. The summed E-state index contributed by atoms with van der Waals surface area (Å²) in [4.78, 5) is 15.7. The third kappa shape index (κ3) is 2.57. The molecule has 1 fully saturated rings. The maximum atomic E-state index is 11.6. The standard InChI is InChI=1S/C10H16N4O2/c1-2-8-12-9(14-13-8)10(15)11-6-7-4-3-5-16-7/h7H,2-6H2,1H3,(H,11,15)(H,12,13,14). The number of amides is 1. The Bertz CT molecular complexity index is 357. The normalized spacial score (nSPS) is 19.9. The van der Waals surface area contributed by atoms with Gasteiger partial charge in [-0.3, -0.25) is 9.89 Å². The van der Waals surface area contributed by atoms with Gasteiger partial charge in [0.25, 0.3) is 5.91 Å². The van der Waals surface area contributed by atoms with Crippen LogP contribution in [-0.2, 0) is 11.2 Å². The first kappa shape index (κ1) is 11.1. The highest BCUT2D eigenvalue weighted by Gasteiger charge is 2.18. The fraction of sp³-hybridized carbons (Fsp3) is 0.700. The van der Waals surface area contributed by atoms with E-state index in [1.807, 2.05) is 6.92 Å². The molecule has 0 aliphatic carbocycles. The fourth-order valence-electron chi connectivity index (χ4n) is 1.65. The Balaban J connectivity index is 1.82. The Labute approximate surface area is 93.8 Å². The zero-order valence-corrected chi connectivity index (χ0v) is 9.32. The van der Waals surface area contributed by atoms with E-state index < -0.39 is 0 Å². The van der Waals surface area contributed by atoms with Gasteiger partial charge in [0.15, 0.2) is 0 Å². The third-order valence-corrected chi connectivity index (χ3v) is 2.58. The highest BCUT2D eigenvalue weighted by Crippen LogP contribution is 2.10. The molecule has 0 saturated carbocycles. The molecule has 6 nitrogen and oxygen atoms in total. The minimum atomic E-state index is -0.244. The molecule has 88 valence electrons. The van der Waals surface area contributed by atoms with Crippen LogP contribution >= 0.6 is 0 Å². The van der Waals surface area contributed by atoms with Crippen molar-refractivity contribution in [1.82, 2.24) is 20.5 Å². The molecule has 1 atom stereocenters. The van der Waals surface area contributed by atoms with E-state index in [1.54, 1.807) is 0 Å². The van der Waals surface area contributed by atoms with Crippen LogP contribution < -0.4 is 5.32 Å². The highest BCUT2D eigenvalue weighted by atomic mass is 16.5. The average Bonchev–Trinajstić information content (AvgIpc) is 2.96. The summed E-state index contributed by atoms with van der Waals surface area (Å²) in [5.74, 6) is 0.684. The molecular weight excluding hydrogens is 208 g/mol. The van der Waals surface area contributed by atoms with E-state index in [1.165, 1.54) is 0 Å². The first-order valence-electron chi connectivity index (χ1n) is 5.60. The Morgan fingerprint density at radius 1 is 1.69 bits per heavy atom. The topological polar surface area (TPSA) is 79.9 Å². The summed E-state index contributed by atoms with van der Waals surface area (Å²) in [7, 11) is 0.